The molecule has 0 spiro atoms. The Morgan fingerprint density at radius 1 is 1.09 bits per heavy atom. The number of hydrogen-bond donors (Lipinski definition) is 0. The first-order valence-electron chi connectivity index (χ1n) is 13.3. The molecular weight excluding hydrogens is 756 g/mol. The van der Waals surface area contributed by atoms with Gasteiger partial charge in [-0.15, -0.1) is 0 Å². The second-order valence-corrected chi connectivity index (χ2v) is 12.8. The molecule has 0 aliphatic carbocycles. The van der Waals surface area contributed by atoms with Crippen LogP contribution in [0.3, 0.4) is 0 Å². The minimum Gasteiger partial charge on any atom is -0.493 e. The number of allylic oxidation sites excluding steroid dienone is 1. The summed E-state index contributed by atoms with van der Waals surface area (Å²) in [5.41, 5.74) is -1.47. The van der Waals surface area contributed by atoms with E-state index in [9.17, 15) is 22.8 Å². The maximum Gasteiger partial charge on any atom is 0.434 e. The Kier molecular flexibility index (Phi) is 10.2. The molecule has 0 unspecified atom stereocenters. The fourth-order valence-electron chi connectivity index (χ4n) is 4.70. The molecule has 1 aliphatic rings. The van der Waals surface area contributed by atoms with E-state index >= 15 is 0 Å². The van der Waals surface area contributed by atoms with Crippen LogP contribution in [0, 0.1) is 0 Å². The first-order chi connectivity index (χ1) is 21.8. The van der Waals surface area contributed by atoms with Gasteiger partial charge in [-0.2, -0.15) is 13.2 Å². The predicted octanol–water partition coefficient (Wildman–Crippen LogP) is 7.65. The molecule has 0 radical (unpaired) electrons. The van der Waals surface area contributed by atoms with Crippen molar-refractivity contribution in [2.24, 2.45) is 4.99 Å². The van der Waals surface area contributed by atoms with E-state index in [2.05, 4.69) is 20.9 Å². The number of halogens is 7. The van der Waals surface area contributed by atoms with E-state index in [-0.39, 0.29) is 28.1 Å². The zero-order valence-corrected chi connectivity index (χ0v) is 28.4. The summed E-state index contributed by atoms with van der Waals surface area (Å²) in [6.07, 6.45) is -3.53. The highest BCUT2D eigenvalue weighted by Gasteiger charge is 2.45. The molecule has 1 aromatic heterocycles. The van der Waals surface area contributed by atoms with Crippen LogP contribution in [0.2, 0.25) is 15.1 Å². The molecule has 0 saturated heterocycles. The predicted molar refractivity (Wildman–Crippen MR) is 174 cm³/mol. The first kappa shape index (κ1) is 34.1. The number of fused-ring (bicyclic) bond motifs is 1. The van der Waals surface area contributed by atoms with Gasteiger partial charge in [0, 0.05) is 5.02 Å². The Hall–Kier alpha value is -3.29. The minimum absolute atomic E-state index is 0.0581. The Bertz CT molecular complexity index is 2050. The van der Waals surface area contributed by atoms with Gasteiger partial charge < -0.3 is 14.2 Å². The third-order valence-electron chi connectivity index (χ3n) is 6.70. The minimum atomic E-state index is -5.02. The summed E-state index contributed by atoms with van der Waals surface area (Å²) in [7, 11) is 1.44. The Morgan fingerprint density at radius 3 is 2.43 bits per heavy atom. The largest absolute Gasteiger partial charge is 0.493 e. The number of thiazole rings is 1. The van der Waals surface area contributed by atoms with Crippen molar-refractivity contribution in [1.29, 1.82) is 0 Å². The molecule has 3 aromatic carbocycles. The standard InChI is InChI=1S/C31H21BrCl3F3N2O5S/c1-3-44-29(42)24-25(17-5-7-18(33)8-6-17)40-28(41)23(46-30(40)39-27(24)31(36,37)38)13-16-10-19(32)26(22(12-16)43-2)45-14-15-4-9-20(34)21(35)11-15/h4-13,25H,3,14H2,1-2H3/b23-13-/t25-/m0/s1. The van der Waals surface area contributed by atoms with Crippen molar-refractivity contribution >= 4 is 74.1 Å². The lowest BCUT2D eigenvalue weighted by molar-refractivity contribution is -0.140. The smallest absolute Gasteiger partial charge is 0.434 e. The van der Waals surface area contributed by atoms with E-state index in [1.807, 2.05) is 0 Å². The Labute approximate surface area is 287 Å². The molecule has 0 N–H and O–H groups in total. The number of rotatable bonds is 8. The van der Waals surface area contributed by atoms with E-state index < -0.39 is 35.0 Å². The Morgan fingerprint density at radius 2 is 1.80 bits per heavy atom. The molecule has 240 valence electrons. The van der Waals surface area contributed by atoms with Crippen molar-refractivity contribution < 1.29 is 32.2 Å². The lowest BCUT2D eigenvalue weighted by Crippen LogP contribution is -2.41. The molecule has 7 nitrogen and oxygen atoms in total. The summed E-state index contributed by atoms with van der Waals surface area (Å²) in [4.78, 5) is 30.4. The van der Waals surface area contributed by atoms with E-state index in [0.717, 1.165) is 21.5 Å². The maximum atomic E-state index is 14.4. The number of alkyl halides is 3. The number of carbonyl (C=O) groups excluding carboxylic acids is 1. The molecule has 1 aliphatic heterocycles. The van der Waals surface area contributed by atoms with Gasteiger partial charge in [-0.25, -0.2) is 9.79 Å². The van der Waals surface area contributed by atoms with Gasteiger partial charge in [-0.3, -0.25) is 9.36 Å². The van der Waals surface area contributed by atoms with Gasteiger partial charge in [0.05, 0.1) is 44.4 Å². The van der Waals surface area contributed by atoms with E-state index in [1.165, 1.54) is 44.4 Å². The number of nitrogens with zero attached hydrogens (tertiary/aromatic N) is 2. The number of methoxy groups -OCH3 is 1. The molecule has 5 rings (SSSR count). The number of esters is 1. The van der Waals surface area contributed by atoms with Gasteiger partial charge in [0.15, 0.2) is 22.0 Å². The average Bonchev–Trinajstić information content (AvgIpc) is 3.31. The summed E-state index contributed by atoms with van der Waals surface area (Å²) < 4.78 is 61.2. The first-order valence-corrected chi connectivity index (χ1v) is 16.1. The van der Waals surface area contributed by atoms with Crippen molar-refractivity contribution in [3.63, 3.8) is 0 Å². The van der Waals surface area contributed by atoms with Gasteiger partial charge in [-0.05, 0) is 82.0 Å². The van der Waals surface area contributed by atoms with Crippen molar-refractivity contribution in [3.05, 3.63) is 122 Å². The van der Waals surface area contributed by atoms with Crippen LogP contribution in [-0.4, -0.2) is 30.4 Å². The molecule has 2 heterocycles. The summed E-state index contributed by atoms with van der Waals surface area (Å²) >= 11 is 22.4. The van der Waals surface area contributed by atoms with Crippen LogP contribution in [0.15, 0.2) is 80.1 Å². The molecule has 46 heavy (non-hydrogen) atoms. The molecule has 4 aromatic rings. The molecule has 15 heteroatoms. The number of carbonyl (C=O) groups is 1. The van der Waals surface area contributed by atoms with Crippen LogP contribution in [0.1, 0.15) is 29.7 Å². The SMILES string of the molecule is CCOC(=O)C1=C(C(F)(F)F)N=c2s/c(=C\c3cc(Br)c(OCc4ccc(Cl)c(Cl)c4)c(OC)c3)c(=O)n2[C@H]1c1ccc(Cl)cc1. The van der Waals surface area contributed by atoms with Gasteiger partial charge in [-0.1, -0.05) is 64.3 Å². The van der Waals surface area contributed by atoms with Gasteiger partial charge in [0.2, 0.25) is 0 Å². The second kappa shape index (κ2) is 13.8. The average molecular weight is 777 g/mol. The van der Waals surface area contributed by atoms with E-state index in [1.54, 1.807) is 30.3 Å². The van der Waals surface area contributed by atoms with Crippen LogP contribution in [0.4, 0.5) is 13.2 Å². The van der Waals surface area contributed by atoms with Crippen molar-refractivity contribution in [3.8, 4) is 11.5 Å². The monoisotopic (exact) mass is 774 g/mol. The van der Waals surface area contributed by atoms with E-state index in [0.29, 0.717) is 36.6 Å². The Balaban J connectivity index is 1.62. The fraction of sp³-hybridized carbons (Fsp3) is 0.194. The zero-order valence-electron chi connectivity index (χ0n) is 23.8. The van der Waals surface area contributed by atoms with Crippen LogP contribution < -0.4 is 24.4 Å². The van der Waals surface area contributed by atoms with Crippen molar-refractivity contribution in [2.75, 3.05) is 13.7 Å². The number of benzene rings is 3. The molecule has 0 amide bonds. The van der Waals surface area contributed by atoms with Crippen molar-refractivity contribution in [1.82, 2.24) is 4.57 Å². The lowest BCUT2D eigenvalue weighted by atomic mass is 9.95. The third kappa shape index (κ3) is 7.01. The summed E-state index contributed by atoms with van der Waals surface area (Å²) in [5.74, 6) is -0.557. The van der Waals surface area contributed by atoms with Gasteiger partial charge in [0.1, 0.15) is 6.61 Å². The molecular formula is C31H21BrCl3F3N2O5S. The number of aromatic nitrogens is 1. The third-order valence-corrected chi connectivity index (χ3v) is 9.26. The zero-order chi connectivity index (χ0) is 33.3. The highest BCUT2D eigenvalue weighted by molar-refractivity contribution is 9.10. The lowest BCUT2D eigenvalue weighted by Gasteiger charge is -2.26. The molecule has 0 saturated carbocycles. The van der Waals surface area contributed by atoms with Gasteiger partial charge in [0.25, 0.3) is 5.56 Å². The van der Waals surface area contributed by atoms with E-state index in [4.69, 9.17) is 49.0 Å². The second-order valence-electron chi connectivity index (χ2n) is 9.69. The van der Waals surface area contributed by atoms with Crippen LogP contribution in [0.5, 0.6) is 11.5 Å². The molecule has 1 atom stereocenters. The van der Waals surface area contributed by atoms with Crippen LogP contribution >= 0.6 is 62.1 Å². The number of hydrogen-bond acceptors (Lipinski definition) is 7. The molecule has 0 fully saturated rings. The van der Waals surface area contributed by atoms with Crippen LogP contribution in [0.25, 0.3) is 6.08 Å². The van der Waals surface area contributed by atoms with Gasteiger partial charge >= 0.3 is 12.1 Å². The maximum absolute atomic E-state index is 14.4. The summed E-state index contributed by atoms with van der Waals surface area (Å²) in [5, 5.41) is 1.10. The highest BCUT2D eigenvalue weighted by Crippen LogP contribution is 2.39. The quantitative estimate of drug-likeness (QED) is 0.172. The van der Waals surface area contributed by atoms with Crippen LogP contribution in [-0.2, 0) is 16.1 Å². The summed E-state index contributed by atoms with van der Waals surface area (Å²) in [6.45, 7) is 1.42. The normalized spacial score (nSPS) is 15.0. The van der Waals surface area contributed by atoms with Crippen molar-refractivity contribution in [2.45, 2.75) is 25.7 Å². The number of ether oxygens (including phenoxy) is 3. The summed E-state index contributed by atoms with van der Waals surface area (Å²) in [6, 6.07) is 12.7. The highest BCUT2D eigenvalue weighted by atomic mass is 79.9. The topological polar surface area (TPSA) is 79.1 Å². The molecule has 0 bridgehead atoms. The fourth-order valence-corrected chi connectivity index (χ4v) is 6.72.